The van der Waals surface area contributed by atoms with E-state index in [-0.39, 0.29) is 10.8 Å². The minimum Gasteiger partial charge on any atom is -0.352 e. The van der Waals surface area contributed by atoms with E-state index in [1.165, 1.54) is 6.26 Å². The molecule has 0 radical (unpaired) electrons. The number of carbonyl (C=O) groups is 1. The number of hydrogen-bond donors (Lipinski definition) is 1. The van der Waals surface area contributed by atoms with E-state index in [9.17, 15) is 13.2 Å². The molecule has 0 aliphatic rings. The number of nitrogens with zero attached hydrogens (tertiary/aromatic N) is 2. The topological polar surface area (TPSA) is 89.0 Å². The molecule has 0 saturated heterocycles. The van der Waals surface area contributed by atoms with Crippen LogP contribution in [0.2, 0.25) is 0 Å². The van der Waals surface area contributed by atoms with Crippen LogP contribution in [0.15, 0.2) is 72.0 Å². The second-order valence-electron chi connectivity index (χ2n) is 6.48. The van der Waals surface area contributed by atoms with Gasteiger partial charge in [-0.25, -0.2) is 8.42 Å². The molecule has 3 rings (SSSR count). The van der Waals surface area contributed by atoms with E-state index in [4.69, 9.17) is 0 Å². The first-order valence-corrected chi connectivity index (χ1v) is 10.7. The molecule has 1 N–H and O–H groups in total. The monoisotopic (exact) mass is 395 g/mol. The van der Waals surface area contributed by atoms with Gasteiger partial charge < -0.3 is 5.32 Å². The Morgan fingerprint density at radius 1 is 1.04 bits per heavy atom. The molecule has 2 heterocycles. The third kappa shape index (κ3) is 5.47. The van der Waals surface area contributed by atoms with Gasteiger partial charge in [-0.2, -0.15) is 0 Å². The third-order valence-electron chi connectivity index (χ3n) is 4.26. The van der Waals surface area contributed by atoms with Gasteiger partial charge in [0.15, 0.2) is 9.84 Å². The maximum absolute atomic E-state index is 12.1. The van der Waals surface area contributed by atoms with Crippen molar-refractivity contribution in [1.82, 2.24) is 15.3 Å². The summed E-state index contributed by atoms with van der Waals surface area (Å²) in [5, 5.41) is 2.91. The number of aromatic nitrogens is 2. The number of carbonyl (C=O) groups excluding carboxylic acids is 1. The number of nitrogens with one attached hydrogen (secondary N) is 1. The molecule has 1 amide bonds. The summed E-state index contributed by atoms with van der Waals surface area (Å²) >= 11 is 0. The van der Waals surface area contributed by atoms with Gasteiger partial charge in [-0.05, 0) is 53.9 Å². The number of amides is 1. The van der Waals surface area contributed by atoms with Crippen LogP contribution in [0.4, 0.5) is 0 Å². The maximum atomic E-state index is 12.1. The van der Waals surface area contributed by atoms with E-state index >= 15 is 0 Å². The first-order valence-electron chi connectivity index (χ1n) is 8.83. The van der Waals surface area contributed by atoms with Gasteiger partial charge in [0.1, 0.15) is 0 Å². The van der Waals surface area contributed by atoms with Gasteiger partial charge in [0, 0.05) is 43.4 Å². The largest absolute Gasteiger partial charge is 0.352 e. The first-order chi connectivity index (χ1) is 13.4. The summed E-state index contributed by atoms with van der Waals surface area (Å²) in [6.07, 6.45) is 7.23. The fourth-order valence-corrected chi connectivity index (χ4v) is 3.34. The lowest BCUT2D eigenvalue weighted by atomic mass is 10.1. The Kier molecular flexibility index (Phi) is 6.16. The molecule has 0 spiro atoms. The second kappa shape index (κ2) is 8.75. The molecular formula is C21H21N3O3S. The predicted molar refractivity (Wildman–Crippen MR) is 107 cm³/mol. The summed E-state index contributed by atoms with van der Waals surface area (Å²) in [6.45, 7) is 0.418. The number of aryl methyl sites for hydroxylation is 1. The summed E-state index contributed by atoms with van der Waals surface area (Å²) in [4.78, 5) is 20.9. The lowest BCUT2D eigenvalue weighted by Crippen LogP contribution is -2.23. The molecule has 28 heavy (non-hydrogen) atoms. The van der Waals surface area contributed by atoms with Crippen molar-refractivity contribution < 1.29 is 13.2 Å². The van der Waals surface area contributed by atoms with Gasteiger partial charge in [0.25, 0.3) is 0 Å². The van der Waals surface area contributed by atoms with Crippen LogP contribution in [-0.2, 0) is 27.6 Å². The third-order valence-corrected chi connectivity index (χ3v) is 5.39. The lowest BCUT2D eigenvalue weighted by Gasteiger charge is -2.07. The molecule has 0 atom stereocenters. The highest BCUT2D eigenvalue weighted by Crippen LogP contribution is 2.16. The van der Waals surface area contributed by atoms with Crippen LogP contribution in [0.3, 0.4) is 0 Å². The number of sulfone groups is 1. The van der Waals surface area contributed by atoms with Gasteiger partial charge in [-0.3, -0.25) is 14.8 Å². The predicted octanol–water partition coefficient (Wildman–Crippen LogP) is 2.80. The highest BCUT2D eigenvalue weighted by molar-refractivity contribution is 7.90. The lowest BCUT2D eigenvalue weighted by molar-refractivity contribution is -0.121. The fourth-order valence-electron chi connectivity index (χ4n) is 2.71. The Hall–Kier alpha value is -3.06. The van der Waals surface area contributed by atoms with E-state index in [1.54, 1.807) is 42.9 Å². The smallest absolute Gasteiger partial charge is 0.220 e. The van der Waals surface area contributed by atoms with E-state index in [2.05, 4.69) is 15.3 Å². The summed E-state index contributed by atoms with van der Waals surface area (Å²) < 4.78 is 22.9. The maximum Gasteiger partial charge on any atom is 0.220 e. The van der Waals surface area contributed by atoms with Crippen LogP contribution >= 0.6 is 0 Å². The van der Waals surface area contributed by atoms with Crippen molar-refractivity contribution in [3.63, 3.8) is 0 Å². The van der Waals surface area contributed by atoms with Crippen LogP contribution in [0.25, 0.3) is 11.3 Å². The quantitative estimate of drug-likeness (QED) is 0.664. The average Bonchev–Trinajstić information content (AvgIpc) is 2.71. The van der Waals surface area contributed by atoms with Crippen molar-refractivity contribution in [2.45, 2.75) is 24.3 Å². The molecule has 1 aromatic carbocycles. The van der Waals surface area contributed by atoms with Gasteiger partial charge in [-0.1, -0.05) is 12.1 Å². The van der Waals surface area contributed by atoms with Crippen LogP contribution < -0.4 is 5.32 Å². The average molecular weight is 395 g/mol. The molecule has 2 aromatic heterocycles. The normalized spacial score (nSPS) is 11.2. The molecule has 0 fully saturated rings. The van der Waals surface area contributed by atoms with Crippen molar-refractivity contribution >= 4 is 15.7 Å². The van der Waals surface area contributed by atoms with E-state index in [0.717, 1.165) is 22.4 Å². The van der Waals surface area contributed by atoms with Crippen molar-refractivity contribution in [2.24, 2.45) is 0 Å². The van der Waals surface area contributed by atoms with Crippen LogP contribution in [0.5, 0.6) is 0 Å². The Labute approximate surface area is 164 Å². The zero-order chi connectivity index (χ0) is 20.0. The summed E-state index contributed by atoms with van der Waals surface area (Å²) in [5.41, 5.74) is 3.61. The molecule has 0 unspecified atom stereocenters. The van der Waals surface area contributed by atoms with Crippen molar-refractivity contribution in [3.8, 4) is 11.3 Å². The Morgan fingerprint density at radius 2 is 1.82 bits per heavy atom. The van der Waals surface area contributed by atoms with Gasteiger partial charge in [0.2, 0.25) is 5.91 Å². The Morgan fingerprint density at radius 3 is 2.50 bits per heavy atom. The molecule has 0 aliphatic carbocycles. The molecule has 6 nitrogen and oxygen atoms in total. The zero-order valence-corrected chi connectivity index (χ0v) is 16.3. The molecule has 0 saturated carbocycles. The van der Waals surface area contributed by atoms with Crippen molar-refractivity contribution in [1.29, 1.82) is 0 Å². The number of pyridine rings is 2. The standard InChI is InChI=1S/C21H21N3O3S/c1-28(26,27)19-7-4-16(5-8-19)6-9-21(25)24-14-17-10-12-23-20(13-17)18-3-2-11-22-15-18/h2-5,7-8,10-13,15H,6,9,14H2,1H3,(H,24,25). The number of rotatable bonds is 7. The van der Waals surface area contributed by atoms with Gasteiger partial charge in [-0.15, -0.1) is 0 Å². The minimum absolute atomic E-state index is 0.0630. The Bertz CT molecular complexity index is 1050. The SMILES string of the molecule is CS(=O)(=O)c1ccc(CCC(=O)NCc2ccnc(-c3cccnc3)c2)cc1. The summed E-state index contributed by atoms with van der Waals surface area (Å²) in [6, 6.07) is 14.2. The van der Waals surface area contributed by atoms with Crippen LogP contribution in [0, 0.1) is 0 Å². The number of benzene rings is 1. The molecule has 7 heteroatoms. The van der Waals surface area contributed by atoms with Crippen molar-refractivity contribution in [2.75, 3.05) is 6.26 Å². The molecule has 0 bridgehead atoms. The van der Waals surface area contributed by atoms with Gasteiger partial charge in [0.05, 0.1) is 10.6 Å². The first kappa shape index (κ1) is 19.7. The molecule has 144 valence electrons. The van der Waals surface area contributed by atoms with Crippen LogP contribution in [-0.4, -0.2) is 30.5 Å². The highest BCUT2D eigenvalue weighted by Gasteiger charge is 2.08. The van der Waals surface area contributed by atoms with E-state index in [1.807, 2.05) is 24.3 Å². The second-order valence-corrected chi connectivity index (χ2v) is 8.50. The Balaban J connectivity index is 1.52. The van der Waals surface area contributed by atoms with E-state index in [0.29, 0.717) is 19.4 Å². The number of hydrogen-bond acceptors (Lipinski definition) is 5. The fraction of sp³-hybridized carbons (Fsp3) is 0.190. The molecule has 3 aromatic rings. The summed E-state index contributed by atoms with van der Waals surface area (Å²) in [7, 11) is -3.20. The summed E-state index contributed by atoms with van der Waals surface area (Å²) in [5.74, 6) is -0.0630. The zero-order valence-electron chi connectivity index (χ0n) is 15.5. The molecule has 0 aliphatic heterocycles. The van der Waals surface area contributed by atoms with E-state index < -0.39 is 9.84 Å². The molecular weight excluding hydrogens is 374 g/mol. The van der Waals surface area contributed by atoms with Crippen molar-refractivity contribution in [3.05, 3.63) is 78.2 Å². The minimum atomic E-state index is -3.20. The van der Waals surface area contributed by atoms with Gasteiger partial charge >= 0.3 is 0 Å². The van der Waals surface area contributed by atoms with Crippen LogP contribution in [0.1, 0.15) is 17.5 Å². The highest BCUT2D eigenvalue weighted by atomic mass is 32.2.